The van der Waals surface area contributed by atoms with Crippen molar-refractivity contribution in [1.29, 1.82) is 0 Å². The summed E-state index contributed by atoms with van der Waals surface area (Å²) in [6.07, 6.45) is 7.52. The molecule has 36 heavy (non-hydrogen) atoms. The molecule has 4 nitrogen and oxygen atoms in total. The van der Waals surface area contributed by atoms with E-state index in [0.717, 1.165) is 44.9 Å². The SMILES string of the molecule is CCCCc1ccc(C(=O)N(CCC(=O)NC2CCCc3ccccc32)CCc2ccccc2)cc1. The fourth-order valence-corrected chi connectivity index (χ4v) is 5.01. The Hall–Kier alpha value is -3.40. The third-order valence-electron chi connectivity index (χ3n) is 7.13. The van der Waals surface area contributed by atoms with Gasteiger partial charge in [0.15, 0.2) is 0 Å². The minimum absolute atomic E-state index is 0.00382. The van der Waals surface area contributed by atoms with Gasteiger partial charge in [-0.15, -0.1) is 0 Å². The van der Waals surface area contributed by atoms with Gasteiger partial charge in [0.05, 0.1) is 6.04 Å². The number of hydrogen-bond donors (Lipinski definition) is 1. The molecule has 188 valence electrons. The quantitative estimate of drug-likeness (QED) is 0.349. The number of benzene rings is 3. The topological polar surface area (TPSA) is 49.4 Å². The van der Waals surface area contributed by atoms with Crippen LogP contribution in [0.25, 0.3) is 0 Å². The summed E-state index contributed by atoms with van der Waals surface area (Å²) < 4.78 is 0. The van der Waals surface area contributed by atoms with E-state index in [1.54, 1.807) is 0 Å². The highest BCUT2D eigenvalue weighted by Crippen LogP contribution is 2.29. The number of fused-ring (bicyclic) bond motifs is 1. The predicted octanol–water partition coefficient (Wildman–Crippen LogP) is 6.30. The summed E-state index contributed by atoms with van der Waals surface area (Å²) in [5.41, 5.74) is 5.70. The van der Waals surface area contributed by atoms with Gasteiger partial charge in [-0.25, -0.2) is 0 Å². The van der Waals surface area contributed by atoms with Crippen molar-refractivity contribution >= 4 is 11.8 Å². The first-order chi connectivity index (χ1) is 17.6. The molecule has 3 aromatic rings. The summed E-state index contributed by atoms with van der Waals surface area (Å²) in [5, 5.41) is 3.23. The number of amides is 2. The number of unbranched alkanes of at least 4 members (excludes halogenated alkanes) is 1. The summed E-state index contributed by atoms with van der Waals surface area (Å²) in [7, 11) is 0. The molecular weight excluding hydrogens is 444 g/mol. The number of carbonyl (C=O) groups is 2. The van der Waals surface area contributed by atoms with Crippen LogP contribution in [-0.4, -0.2) is 29.8 Å². The fourth-order valence-electron chi connectivity index (χ4n) is 5.01. The zero-order valence-electron chi connectivity index (χ0n) is 21.4. The molecule has 0 saturated heterocycles. The van der Waals surface area contributed by atoms with Gasteiger partial charge in [-0.1, -0.05) is 80.1 Å². The molecule has 0 aromatic heterocycles. The number of nitrogens with one attached hydrogen (secondary N) is 1. The molecule has 0 radical (unpaired) electrons. The van der Waals surface area contributed by atoms with Crippen LogP contribution in [0.5, 0.6) is 0 Å². The molecule has 1 aliphatic rings. The Morgan fingerprint density at radius 1 is 0.861 bits per heavy atom. The number of carbonyl (C=O) groups excluding carboxylic acids is 2. The summed E-state index contributed by atoms with van der Waals surface area (Å²) >= 11 is 0. The van der Waals surface area contributed by atoms with E-state index in [1.165, 1.54) is 22.3 Å². The van der Waals surface area contributed by atoms with Crippen LogP contribution in [-0.2, 0) is 24.1 Å². The van der Waals surface area contributed by atoms with Gasteiger partial charge in [0.2, 0.25) is 5.91 Å². The van der Waals surface area contributed by atoms with Gasteiger partial charge in [-0.2, -0.15) is 0 Å². The zero-order chi connectivity index (χ0) is 25.2. The summed E-state index contributed by atoms with van der Waals surface area (Å²) in [5.74, 6) is -0.00656. The Labute approximate surface area is 215 Å². The Morgan fingerprint density at radius 2 is 1.58 bits per heavy atom. The molecule has 0 fully saturated rings. The molecule has 1 atom stereocenters. The Kier molecular flexibility index (Phi) is 9.32. The van der Waals surface area contributed by atoms with E-state index in [0.29, 0.717) is 25.1 Å². The molecule has 0 bridgehead atoms. The maximum Gasteiger partial charge on any atom is 0.253 e. The third-order valence-corrected chi connectivity index (χ3v) is 7.13. The lowest BCUT2D eigenvalue weighted by molar-refractivity contribution is -0.122. The van der Waals surface area contributed by atoms with Crippen molar-refractivity contribution in [2.75, 3.05) is 13.1 Å². The lowest BCUT2D eigenvalue weighted by Gasteiger charge is -2.27. The van der Waals surface area contributed by atoms with Crippen LogP contribution in [0.2, 0.25) is 0 Å². The summed E-state index contributed by atoms with van der Waals surface area (Å²) in [4.78, 5) is 28.2. The highest BCUT2D eigenvalue weighted by molar-refractivity contribution is 5.94. The highest BCUT2D eigenvalue weighted by atomic mass is 16.2. The number of aryl methyl sites for hydroxylation is 2. The third kappa shape index (κ3) is 7.07. The molecule has 0 aliphatic heterocycles. The molecular formula is C32H38N2O2. The molecule has 3 aromatic carbocycles. The maximum atomic E-state index is 13.5. The fraction of sp³-hybridized carbons (Fsp3) is 0.375. The number of rotatable bonds is 11. The predicted molar refractivity (Wildman–Crippen MR) is 146 cm³/mol. The van der Waals surface area contributed by atoms with Crippen molar-refractivity contribution in [3.8, 4) is 0 Å². The minimum atomic E-state index is -0.0104. The van der Waals surface area contributed by atoms with E-state index in [1.807, 2.05) is 41.3 Å². The van der Waals surface area contributed by atoms with Crippen LogP contribution in [0.3, 0.4) is 0 Å². The van der Waals surface area contributed by atoms with Gasteiger partial charge in [0.25, 0.3) is 5.91 Å². The van der Waals surface area contributed by atoms with E-state index in [-0.39, 0.29) is 17.9 Å². The lowest BCUT2D eigenvalue weighted by atomic mass is 9.87. The van der Waals surface area contributed by atoms with Crippen molar-refractivity contribution in [2.24, 2.45) is 0 Å². The molecule has 0 saturated carbocycles. The first-order valence-corrected chi connectivity index (χ1v) is 13.4. The molecule has 0 heterocycles. The monoisotopic (exact) mass is 482 g/mol. The molecule has 1 aliphatic carbocycles. The number of hydrogen-bond acceptors (Lipinski definition) is 2. The second-order valence-electron chi connectivity index (χ2n) is 9.79. The van der Waals surface area contributed by atoms with E-state index in [9.17, 15) is 9.59 Å². The van der Waals surface area contributed by atoms with E-state index >= 15 is 0 Å². The second-order valence-corrected chi connectivity index (χ2v) is 9.79. The van der Waals surface area contributed by atoms with E-state index in [2.05, 4.69) is 54.7 Å². The smallest absolute Gasteiger partial charge is 0.253 e. The van der Waals surface area contributed by atoms with Crippen LogP contribution in [0.15, 0.2) is 78.9 Å². The van der Waals surface area contributed by atoms with Gasteiger partial charge in [0.1, 0.15) is 0 Å². The van der Waals surface area contributed by atoms with Crippen LogP contribution in [0, 0.1) is 0 Å². The zero-order valence-corrected chi connectivity index (χ0v) is 21.4. The van der Waals surface area contributed by atoms with Crippen LogP contribution in [0.4, 0.5) is 0 Å². The minimum Gasteiger partial charge on any atom is -0.349 e. The largest absolute Gasteiger partial charge is 0.349 e. The standard InChI is InChI=1S/C32H38N2O2/c1-2-3-10-26-17-19-28(20-18-26)32(36)34(23-21-25-11-5-4-6-12-25)24-22-31(35)33-30-16-9-14-27-13-7-8-15-29(27)30/h4-8,11-13,15,17-20,30H,2-3,9-10,14,16,21-24H2,1H3,(H,33,35). The van der Waals surface area contributed by atoms with Crippen molar-refractivity contribution in [1.82, 2.24) is 10.2 Å². The van der Waals surface area contributed by atoms with Crippen molar-refractivity contribution in [3.05, 3.63) is 107 Å². The van der Waals surface area contributed by atoms with Crippen LogP contribution in [0.1, 0.15) is 77.7 Å². The Morgan fingerprint density at radius 3 is 2.36 bits per heavy atom. The molecule has 4 rings (SSSR count). The first-order valence-electron chi connectivity index (χ1n) is 13.4. The average Bonchev–Trinajstić information content (AvgIpc) is 2.92. The molecule has 4 heteroatoms. The summed E-state index contributed by atoms with van der Waals surface area (Å²) in [6.45, 7) is 3.18. The first kappa shape index (κ1) is 25.7. The van der Waals surface area contributed by atoms with Gasteiger partial charge in [-0.05, 0) is 72.9 Å². The van der Waals surface area contributed by atoms with Gasteiger partial charge >= 0.3 is 0 Å². The highest BCUT2D eigenvalue weighted by Gasteiger charge is 2.22. The molecule has 1 unspecified atom stereocenters. The Bertz CT molecular complexity index is 1120. The normalized spacial score (nSPS) is 14.6. The molecule has 2 amide bonds. The van der Waals surface area contributed by atoms with Crippen molar-refractivity contribution in [3.63, 3.8) is 0 Å². The molecule has 1 N–H and O–H groups in total. The van der Waals surface area contributed by atoms with Gasteiger partial charge in [0, 0.05) is 25.1 Å². The van der Waals surface area contributed by atoms with Crippen molar-refractivity contribution in [2.45, 2.75) is 64.3 Å². The van der Waals surface area contributed by atoms with Gasteiger partial charge in [-0.3, -0.25) is 9.59 Å². The van der Waals surface area contributed by atoms with E-state index < -0.39 is 0 Å². The lowest BCUT2D eigenvalue weighted by Crippen LogP contribution is -2.38. The number of nitrogens with zero attached hydrogens (tertiary/aromatic N) is 1. The van der Waals surface area contributed by atoms with Gasteiger partial charge < -0.3 is 10.2 Å². The van der Waals surface area contributed by atoms with Crippen LogP contribution >= 0.6 is 0 Å². The van der Waals surface area contributed by atoms with Crippen LogP contribution < -0.4 is 5.32 Å². The summed E-state index contributed by atoms with van der Waals surface area (Å²) in [6, 6.07) is 26.6. The average molecular weight is 483 g/mol. The Balaban J connectivity index is 1.40. The van der Waals surface area contributed by atoms with Crippen molar-refractivity contribution < 1.29 is 9.59 Å². The maximum absolute atomic E-state index is 13.5. The second kappa shape index (κ2) is 13.1. The molecule has 0 spiro atoms. The van der Waals surface area contributed by atoms with E-state index in [4.69, 9.17) is 0 Å².